The van der Waals surface area contributed by atoms with Crippen molar-refractivity contribution in [2.45, 2.75) is 0 Å². The zero-order valence-corrected chi connectivity index (χ0v) is 9.33. The second kappa shape index (κ2) is 3.98. The lowest BCUT2D eigenvalue weighted by Crippen LogP contribution is -1.93. The maximum atomic E-state index is 13.0. The minimum absolute atomic E-state index is 0.285. The third-order valence-corrected chi connectivity index (χ3v) is 2.45. The first-order valence-corrected chi connectivity index (χ1v) is 5.13. The number of benzene rings is 1. The normalized spacial score (nSPS) is 10.3. The molecule has 2 aromatic rings. The second-order valence-electron chi connectivity index (χ2n) is 3.10. The summed E-state index contributed by atoms with van der Waals surface area (Å²) in [6.07, 6.45) is 1.61. The summed E-state index contributed by atoms with van der Waals surface area (Å²) in [6.45, 7) is 0. The minimum atomic E-state index is -0.285. The molecule has 76 valence electrons. The van der Waals surface area contributed by atoms with Gasteiger partial charge in [-0.25, -0.2) is 9.37 Å². The van der Waals surface area contributed by atoms with Crippen molar-refractivity contribution in [3.63, 3.8) is 0 Å². The van der Waals surface area contributed by atoms with E-state index in [9.17, 15) is 4.39 Å². The smallest absolute Gasteiger partial charge is 0.131 e. The van der Waals surface area contributed by atoms with Gasteiger partial charge < -0.3 is 5.73 Å². The monoisotopic (exact) mass is 266 g/mol. The van der Waals surface area contributed by atoms with Crippen LogP contribution in [0.1, 0.15) is 0 Å². The highest BCUT2D eigenvalue weighted by Crippen LogP contribution is 2.27. The Morgan fingerprint density at radius 2 is 2.07 bits per heavy atom. The van der Waals surface area contributed by atoms with E-state index in [1.807, 2.05) is 6.07 Å². The first kappa shape index (κ1) is 10.1. The van der Waals surface area contributed by atoms with Gasteiger partial charge >= 0.3 is 0 Å². The Hall–Kier alpha value is -1.42. The first-order chi connectivity index (χ1) is 7.16. The lowest BCUT2D eigenvalue weighted by molar-refractivity contribution is 0.628. The fourth-order valence-electron chi connectivity index (χ4n) is 1.34. The summed E-state index contributed by atoms with van der Waals surface area (Å²) in [5.41, 5.74) is 7.17. The molecule has 0 saturated heterocycles. The number of pyridine rings is 1. The number of hydrogen-bond acceptors (Lipinski definition) is 2. The molecule has 0 aliphatic rings. The number of rotatable bonds is 1. The van der Waals surface area contributed by atoms with Crippen molar-refractivity contribution >= 4 is 21.7 Å². The van der Waals surface area contributed by atoms with E-state index >= 15 is 0 Å². The molecule has 2 nitrogen and oxygen atoms in total. The molecular formula is C11H8BrFN2. The third-order valence-electron chi connectivity index (χ3n) is 2.02. The summed E-state index contributed by atoms with van der Waals surface area (Å²) < 4.78 is 13.8. The Labute approximate surface area is 95.1 Å². The van der Waals surface area contributed by atoms with Crippen LogP contribution in [0.5, 0.6) is 0 Å². The average Bonchev–Trinajstić information content (AvgIpc) is 2.22. The van der Waals surface area contributed by atoms with Crippen LogP contribution in [-0.2, 0) is 0 Å². The minimum Gasteiger partial charge on any atom is -0.383 e. The number of anilines is 1. The molecule has 0 spiro atoms. The van der Waals surface area contributed by atoms with Gasteiger partial charge in [-0.1, -0.05) is 12.1 Å². The molecule has 0 unspecified atom stereocenters. The van der Waals surface area contributed by atoms with Crippen molar-refractivity contribution in [2.75, 3.05) is 5.73 Å². The van der Waals surface area contributed by atoms with Crippen LogP contribution in [0, 0.1) is 5.82 Å². The van der Waals surface area contributed by atoms with Gasteiger partial charge in [0.1, 0.15) is 11.6 Å². The standard InChI is InChI=1S/C11H8BrFN2/c12-8-5-10(11(14)15-6-8)7-2-1-3-9(13)4-7/h1-6H,(H2,14,15). The van der Waals surface area contributed by atoms with Crippen LogP contribution in [0.25, 0.3) is 11.1 Å². The van der Waals surface area contributed by atoms with Gasteiger partial charge in [0.25, 0.3) is 0 Å². The molecule has 1 aromatic carbocycles. The Bertz CT molecular complexity index is 500. The molecule has 0 bridgehead atoms. The van der Waals surface area contributed by atoms with E-state index in [-0.39, 0.29) is 5.82 Å². The summed E-state index contributed by atoms with van der Waals surface area (Å²) in [6, 6.07) is 8.08. The zero-order chi connectivity index (χ0) is 10.8. The highest BCUT2D eigenvalue weighted by atomic mass is 79.9. The van der Waals surface area contributed by atoms with Crippen LogP contribution in [0.2, 0.25) is 0 Å². The molecule has 0 radical (unpaired) electrons. The summed E-state index contributed by atoms with van der Waals surface area (Å²) in [5, 5.41) is 0. The van der Waals surface area contributed by atoms with Crippen molar-refractivity contribution in [1.29, 1.82) is 0 Å². The summed E-state index contributed by atoms with van der Waals surface area (Å²) in [7, 11) is 0. The van der Waals surface area contributed by atoms with Gasteiger partial charge in [0, 0.05) is 16.2 Å². The van der Waals surface area contributed by atoms with E-state index in [2.05, 4.69) is 20.9 Å². The Balaban J connectivity index is 2.58. The van der Waals surface area contributed by atoms with E-state index in [0.29, 0.717) is 5.82 Å². The number of nitrogens with zero attached hydrogens (tertiary/aromatic N) is 1. The highest BCUT2D eigenvalue weighted by molar-refractivity contribution is 9.10. The Morgan fingerprint density at radius 1 is 1.27 bits per heavy atom. The van der Waals surface area contributed by atoms with E-state index < -0.39 is 0 Å². The van der Waals surface area contributed by atoms with E-state index in [1.165, 1.54) is 12.1 Å². The molecule has 2 rings (SSSR count). The van der Waals surface area contributed by atoms with Gasteiger partial charge in [0.05, 0.1) is 0 Å². The molecule has 0 atom stereocenters. The topological polar surface area (TPSA) is 38.9 Å². The number of nitrogen functional groups attached to an aromatic ring is 1. The molecule has 4 heteroatoms. The van der Waals surface area contributed by atoms with Crippen LogP contribution in [0.3, 0.4) is 0 Å². The summed E-state index contributed by atoms with van der Waals surface area (Å²) in [4.78, 5) is 3.99. The van der Waals surface area contributed by atoms with Gasteiger partial charge in [0.15, 0.2) is 0 Å². The van der Waals surface area contributed by atoms with Crippen LogP contribution in [0.15, 0.2) is 41.0 Å². The quantitative estimate of drug-likeness (QED) is 0.861. The Kier molecular flexibility index (Phi) is 2.68. The maximum absolute atomic E-state index is 13.0. The van der Waals surface area contributed by atoms with Crippen molar-refractivity contribution in [3.05, 3.63) is 46.8 Å². The molecule has 0 amide bonds. The Morgan fingerprint density at radius 3 is 2.80 bits per heavy atom. The van der Waals surface area contributed by atoms with E-state index in [1.54, 1.807) is 18.3 Å². The molecule has 0 aliphatic carbocycles. The fourth-order valence-corrected chi connectivity index (χ4v) is 1.67. The van der Waals surface area contributed by atoms with E-state index in [0.717, 1.165) is 15.6 Å². The number of halogens is 2. The predicted molar refractivity (Wildman–Crippen MR) is 61.7 cm³/mol. The molecule has 0 aliphatic heterocycles. The fraction of sp³-hybridized carbons (Fsp3) is 0. The van der Waals surface area contributed by atoms with Crippen molar-refractivity contribution in [1.82, 2.24) is 4.98 Å². The van der Waals surface area contributed by atoms with Crippen LogP contribution in [0.4, 0.5) is 10.2 Å². The number of nitrogens with two attached hydrogens (primary N) is 1. The number of hydrogen-bond donors (Lipinski definition) is 1. The summed E-state index contributed by atoms with van der Waals surface area (Å²) >= 11 is 3.30. The van der Waals surface area contributed by atoms with Gasteiger partial charge in [-0.05, 0) is 39.7 Å². The summed E-state index contributed by atoms with van der Waals surface area (Å²) in [5.74, 6) is 0.107. The van der Waals surface area contributed by atoms with Crippen LogP contribution in [-0.4, -0.2) is 4.98 Å². The molecule has 2 N–H and O–H groups in total. The lowest BCUT2D eigenvalue weighted by atomic mass is 10.1. The van der Waals surface area contributed by atoms with Crippen LogP contribution < -0.4 is 5.73 Å². The molecule has 0 saturated carbocycles. The lowest BCUT2D eigenvalue weighted by Gasteiger charge is -2.05. The predicted octanol–water partition coefficient (Wildman–Crippen LogP) is 3.23. The number of aromatic nitrogens is 1. The molecule has 1 aromatic heterocycles. The van der Waals surface area contributed by atoms with Crippen molar-refractivity contribution in [2.24, 2.45) is 0 Å². The molecule has 15 heavy (non-hydrogen) atoms. The van der Waals surface area contributed by atoms with Gasteiger partial charge in [0.2, 0.25) is 0 Å². The average molecular weight is 267 g/mol. The highest BCUT2D eigenvalue weighted by Gasteiger charge is 2.05. The molecular weight excluding hydrogens is 259 g/mol. The molecule has 0 fully saturated rings. The molecule has 1 heterocycles. The second-order valence-corrected chi connectivity index (χ2v) is 4.01. The van der Waals surface area contributed by atoms with E-state index in [4.69, 9.17) is 5.73 Å². The largest absolute Gasteiger partial charge is 0.383 e. The van der Waals surface area contributed by atoms with Crippen LogP contribution >= 0.6 is 15.9 Å². The maximum Gasteiger partial charge on any atom is 0.131 e. The SMILES string of the molecule is Nc1ncc(Br)cc1-c1cccc(F)c1. The van der Waals surface area contributed by atoms with Gasteiger partial charge in [-0.3, -0.25) is 0 Å². The van der Waals surface area contributed by atoms with Gasteiger partial charge in [-0.2, -0.15) is 0 Å². The third kappa shape index (κ3) is 2.15. The zero-order valence-electron chi connectivity index (χ0n) is 7.74. The van der Waals surface area contributed by atoms with Crippen molar-refractivity contribution in [3.8, 4) is 11.1 Å². The first-order valence-electron chi connectivity index (χ1n) is 4.34. The van der Waals surface area contributed by atoms with Crippen molar-refractivity contribution < 1.29 is 4.39 Å². The van der Waals surface area contributed by atoms with Gasteiger partial charge in [-0.15, -0.1) is 0 Å².